The maximum Gasteiger partial charge on any atom is 0.410 e. The highest BCUT2D eigenvalue weighted by Crippen LogP contribution is 2.27. The van der Waals surface area contributed by atoms with E-state index in [1.165, 1.54) is 12.5 Å². The van der Waals surface area contributed by atoms with Crippen LogP contribution in [-0.4, -0.2) is 50.5 Å². The Morgan fingerprint density at radius 3 is 2.67 bits per heavy atom. The van der Waals surface area contributed by atoms with E-state index < -0.39 is 16.7 Å². The van der Waals surface area contributed by atoms with E-state index in [9.17, 15) is 19.2 Å². The minimum Gasteiger partial charge on any atom is -0.450 e. The molecule has 0 bridgehead atoms. The van der Waals surface area contributed by atoms with Gasteiger partial charge in [-0.05, 0) is 26.0 Å². The Kier molecular flexibility index (Phi) is 8.29. The summed E-state index contributed by atoms with van der Waals surface area (Å²) in [6.45, 7) is 3.15. The van der Waals surface area contributed by atoms with Crippen molar-refractivity contribution in [1.82, 2.24) is 15.0 Å². The fourth-order valence-corrected chi connectivity index (χ4v) is 3.21. The summed E-state index contributed by atoms with van der Waals surface area (Å²) >= 11 is 0. The van der Waals surface area contributed by atoms with E-state index in [-0.39, 0.29) is 37.7 Å². The topological polar surface area (TPSA) is 172 Å². The largest absolute Gasteiger partial charge is 0.450 e. The molecule has 0 saturated heterocycles. The number of hydrogen-bond donors (Lipinski definition) is 4. The first-order valence-corrected chi connectivity index (χ1v) is 11.0. The normalized spacial score (nSPS) is 12.8. The summed E-state index contributed by atoms with van der Waals surface area (Å²) < 4.78 is 25.6. The molecule has 3 aromatic rings. The number of carbonyl (C=O) groups excluding carboxylic acids is 1. The second kappa shape index (κ2) is 11.4. The van der Waals surface area contributed by atoms with Crippen molar-refractivity contribution < 1.29 is 28.4 Å². The molecule has 0 spiro atoms. The van der Waals surface area contributed by atoms with Crippen LogP contribution in [0.15, 0.2) is 50.4 Å². The van der Waals surface area contributed by atoms with Crippen molar-refractivity contribution >= 4 is 34.1 Å². The molecule has 13 heteroatoms. The lowest BCUT2D eigenvalue weighted by Crippen LogP contribution is -2.21. The van der Waals surface area contributed by atoms with Crippen LogP contribution in [0.25, 0.3) is 11.5 Å². The van der Waals surface area contributed by atoms with Gasteiger partial charge in [-0.25, -0.2) is 14.8 Å². The van der Waals surface area contributed by atoms with Crippen LogP contribution in [0.5, 0.6) is 0 Å². The van der Waals surface area contributed by atoms with Gasteiger partial charge in [0.05, 0.1) is 25.4 Å². The quantitative estimate of drug-likeness (QED) is 0.335. The summed E-state index contributed by atoms with van der Waals surface area (Å²) in [5, 5.41) is 24.7. The van der Waals surface area contributed by atoms with E-state index in [4.69, 9.17) is 4.42 Å². The van der Waals surface area contributed by atoms with Crippen molar-refractivity contribution in [2.75, 3.05) is 23.8 Å². The molecular weight excluding hydrogens is 452 g/mol. The molecule has 1 atom stereocenters. The van der Waals surface area contributed by atoms with Gasteiger partial charge >= 0.3 is 6.09 Å². The summed E-state index contributed by atoms with van der Waals surface area (Å²) in [6, 6.07) is 6.06. The van der Waals surface area contributed by atoms with Gasteiger partial charge in [-0.15, -0.1) is 10.6 Å². The third-order valence-electron chi connectivity index (χ3n) is 4.13. The van der Waals surface area contributed by atoms with Crippen molar-refractivity contribution in [3.05, 3.63) is 42.4 Å². The molecule has 1 aromatic carbocycles. The number of anilines is 3. The van der Waals surface area contributed by atoms with Crippen molar-refractivity contribution in [3.8, 4) is 11.5 Å². The lowest BCUT2D eigenvalue weighted by Gasteiger charge is -2.15. The molecule has 1 amide bonds. The first kappa shape index (κ1) is 24.1. The Bertz CT molecular complexity index is 1180. The Morgan fingerprint density at radius 2 is 2.03 bits per heavy atom. The van der Waals surface area contributed by atoms with Crippen LogP contribution in [0.2, 0.25) is 0 Å². The number of aliphatic hydroxyl groups is 2. The zero-order chi connectivity index (χ0) is 23.8. The molecular formula is C20H23N6O6S-. The first-order valence-electron chi connectivity index (χ1n) is 9.91. The van der Waals surface area contributed by atoms with E-state index in [0.717, 1.165) is 0 Å². The number of nitrogens with zero attached hydrogens (tertiary/aromatic N) is 4. The fraction of sp³-hybridized carbons (Fsp3) is 0.300. The minimum atomic E-state index is -1.88. The van der Waals surface area contributed by atoms with Gasteiger partial charge in [0.2, 0.25) is 11.8 Å². The molecule has 0 fully saturated rings. The third-order valence-corrected chi connectivity index (χ3v) is 5.12. The molecule has 0 unspecified atom stereocenters. The smallest absolute Gasteiger partial charge is 0.410 e. The van der Waals surface area contributed by atoms with Crippen LogP contribution in [0, 0.1) is 0 Å². The van der Waals surface area contributed by atoms with Crippen LogP contribution < -0.4 is 10.6 Å². The Labute approximate surface area is 191 Å². The van der Waals surface area contributed by atoms with E-state index >= 15 is 0 Å². The first-order chi connectivity index (χ1) is 15.9. The third kappa shape index (κ3) is 6.47. The van der Waals surface area contributed by atoms with Crippen molar-refractivity contribution in [1.29, 1.82) is 0 Å². The molecule has 0 aliphatic heterocycles. The van der Waals surface area contributed by atoms with Crippen LogP contribution in [0.3, 0.4) is 0 Å². The van der Waals surface area contributed by atoms with Crippen LogP contribution >= 0.6 is 0 Å². The SMILES string of the molecule is CCOC(=O)N=[S-](=O)c1ccc(Nc2ncc(-c3nc(CO)co3)c(N[C@H](C)CO)n2)cc1. The highest BCUT2D eigenvalue weighted by molar-refractivity contribution is 7.75. The molecule has 4 N–H and O–H groups in total. The molecule has 176 valence electrons. The fourth-order valence-electron chi connectivity index (χ4n) is 2.54. The molecule has 0 saturated carbocycles. The summed E-state index contributed by atoms with van der Waals surface area (Å²) in [4.78, 5) is 24.6. The number of hydrogen-bond acceptors (Lipinski definition) is 12. The maximum absolute atomic E-state index is 12.1. The van der Waals surface area contributed by atoms with Gasteiger partial charge in [-0.3, -0.25) is 4.36 Å². The summed E-state index contributed by atoms with van der Waals surface area (Å²) in [6.07, 6.45) is 1.94. The number of rotatable bonds is 9. The van der Waals surface area contributed by atoms with Crippen molar-refractivity contribution in [2.24, 2.45) is 4.36 Å². The lowest BCUT2D eigenvalue weighted by molar-refractivity contribution is 0.164. The predicted octanol–water partition coefficient (Wildman–Crippen LogP) is 2.82. The summed E-state index contributed by atoms with van der Waals surface area (Å²) in [5.74, 6) is 0.826. The lowest BCUT2D eigenvalue weighted by atomic mass is 10.2. The van der Waals surface area contributed by atoms with Gasteiger partial charge in [0.25, 0.3) is 0 Å². The number of nitrogens with one attached hydrogen (secondary N) is 2. The van der Waals surface area contributed by atoms with Crippen LogP contribution in [0.1, 0.15) is 19.5 Å². The Hall–Kier alpha value is -3.55. The zero-order valence-corrected chi connectivity index (χ0v) is 18.7. The van der Waals surface area contributed by atoms with Gasteiger partial charge in [0, 0.05) is 17.9 Å². The van der Waals surface area contributed by atoms with E-state index in [2.05, 4.69) is 34.7 Å². The van der Waals surface area contributed by atoms with E-state index in [0.29, 0.717) is 27.7 Å². The Balaban J connectivity index is 1.82. The zero-order valence-electron chi connectivity index (χ0n) is 17.9. The maximum atomic E-state index is 12.1. The second-order valence-corrected chi connectivity index (χ2v) is 7.83. The molecule has 0 radical (unpaired) electrons. The number of aromatic nitrogens is 3. The summed E-state index contributed by atoms with van der Waals surface area (Å²) in [7, 11) is -1.88. The molecule has 12 nitrogen and oxygen atoms in total. The average Bonchev–Trinajstić information content (AvgIpc) is 3.29. The number of aliphatic hydroxyl groups excluding tert-OH is 2. The van der Waals surface area contributed by atoms with Gasteiger partial charge < -0.3 is 34.2 Å². The average molecular weight is 476 g/mol. The number of oxazole rings is 1. The molecule has 2 aromatic heterocycles. The monoisotopic (exact) mass is 475 g/mol. The molecule has 3 rings (SSSR count). The molecule has 0 aliphatic carbocycles. The molecule has 0 aliphatic rings. The minimum absolute atomic E-state index is 0.130. The highest BCUT2D eigenvalue weighted by Gasteiger charge is 2.16. The van der Waals surface area contributed by atoms with Crippen LogP contribution in [0.4, 0.5) is 22.2 Å². The van der Waals surface area contributed by atoms with Gasteiger partial charge in [0.15, 0.2) is 0 Å². The second-order valence-electron chi connectivity index (χ2n) is 6.67. The molecule has 33 heavy (non-hydrogen) atoms. The highest BCUT2D eigenvalue weighted by atomic mass is 32.2. The van der Waals surface area contributed by atoms with Crippen molar-refractivity contribution in [3.63, 3.8) is 0 Å². The number of carbonyl (C=O) groups is 1. The van der Waals surface area contributed by atoms with Crippen LogP contribution in [-0.2, 0) is 26.1 Å². The number of ether oxygens (including phenoxy) is 1. The van der Waals surface area contributed by atoms with Gasteiger partial charge in [-0.2, -0.15) is 4.98 Å². The Morgan fingerprint density at radius 1 is 1.27 bits per heavy atom. The molecule has 2 heterocycles. The van der Waals surface area contributed by atoms with Gasteiger partial charge in [-0.1, -0.05) is 17.0 Å². The van der Waals surface area contributed by atoms with E-state index in [1.807, 2.05) is 0 Å². The number of amides is 1. The number of benzene rings is 1. The van der Waals surface area contributed by atoms with E-state index in [1.54, 1.807) is 38.1 Å². The van der Waals surface area contributed by atoms with Crippen molar-refractivity contribution in [2.45, 2.75) is 31.4 Å². The summed E-state index contributed by atoms with van der Waals surface area (Å²) in [5.41, 5.74) is 1.41. The van der Waals surface area contributed by atoms with Gasteiger partial charge in [0.1, 0.15) is 17.8 Å². The standard InChI is InChI=1S/C20H23N6O6S/c1-3-31-20(29)26-33(30)15-6-4-13(5-7-15)24-19-21-8-16(17(25-19)22-12(2)9-27)18-23-14(10-28)11-32-18/h4-8,11-12,27-28H,3,9-10H2,1-2H3,(H2,21,22,24,25)/q-1/t12-/m1/s1. The predicted molar refractivity (Wildman–Crippen MR) is 119 cm³/mol.